The summed E-state index contributed by atoms with van der Waals surface area (Å²) < 4.78 is 48.1. The molecule has 3 heterocycles. The summed E-state index contributed by atoms with van der Waals surface area (Å²) in [7, 11) is 0. The molecule has 0 unspecified atom stereocenters. The number of fused-ring (bicyclic) bond motifs is 1. The summed E-state index contributed by atoms with van der Waals surface area (Å²) in [6.07, 6.45) is -0.575. The minimum absolute atomic E-state index is 0.0539. The molecule has 2 aromatic carbocycles. The van der Waals surface area contributed by atoms with E-state index in [0.29, 0.717) is 31.4 Å². The molecule has 0 radical (unpaired) electrons. The normalized spacial score (nSPS) is 11.8. The molecule has 11 heteroatoms. The lowest BCUT2D eigenvalue weighted by Crippen LogP contribution is -2.26. The largest absolute Gasteiger partial charge is 0.444 e. The number of para-hydroxylation sites is 1. The van der Waals surface area contributed by atoms with Crippen molar-refractivity contribution in [3.8, 4) is 28.3 Å². The molecule has 6 nitrogen and oxygen atoms in total. The van der Waals surface area contributed by atoms with Crippen molar-refractivity contribution in [2.24, 2.45) is 0 Å². The van der Waals surface area contributed by atoms with E-state index in [1.54, 1.807) is 30.3 Å². The number of pyridine rings is 1. The Morgan fingerprint density at radius 1 is 1.06 bits per heavy atom. The van der Waals surface area contributed by atoms with Gasteiger partial charge in [-0.15, -0.1) is 0 Å². The molecule has 0 saturated heterocycles. The third kappa shape index (κ3) is 3.88. The highest BCUT2D eigenvalue weighted by Gasteiger charge is 2.36. The van der Waals surface area contributed by atoms with Gasteiger partial charge in [-0.05, 0) is 42.5 Å². The van der Waals surface area contributed by atoms with E-state index in [1.165, 1.54) is 24.9 Å². The van der Waals surface area contributed by atoms with Crippen LogP contribution in [0.1, 0.15) is 5.56 Å². The van der Waals surface area contributed by atoms with E-state index < -0.39 is 23.0 Å². The molecule has 0 bridgehead atoms. The number of aromatic nitrogens is 4. The van der Waals surface area contributed by atoms with Gasteiger partial charge in [0.15, 0.2) is 12.2 Å². The van der Waals surface area contributed by atoms with Crippen LogP contribution in [0.4, 0.5) is 13.2 Å². The molecule has 0 aliphatic heterocycles. The number of hydrogen-bond acceptors (Lipinski definition) is 5. The monoisotopic (exact) mass is 546 g/mol. The van der Waals surface area contributed by atoms with Crippen LogP contribution in [0.15, 0.2) is 81.0 Å². The molecule has 5 rings (SSSR count). The molecule has 0 N–H and O–H groups in total. The van der Waals surface area contributed by atoms with E-state index in [0.717, 1.165) is 12.1 Å². The van der Waals surface area contributed by atoms with Gasteiger partial charge in [-0.25, -0.2) is 4.98 Å². The zero-order valence-electron chi connectivity index (χ0n) is 16.8. The Balaban J connectivity index is 1.86. The van der Waals surface area contributed by atoms with Crippen LogP contribution in [0.2, 0.25) is 5.02 Å². The standard InChI is InChI=1S/C23H11BrClF3N4O2/c24-14-8-12(18-10-29-11-34-18)7-13(9-14)19-15-3-2-6-30-20(15)22(33)32(31-19)21-16(23(26,27)28)4-1-5-17(21)25/h1-11H. The third-order valence-corrected chi connectivity index (χ3v) is 5.81. The topological polar surface area (TPSA) is 73.8 Å². The van der Waals surface area contributed by atoms with Crippen LogP contribution in [0.25, 0.3) is 39.2 Å². The van der Waals surface area contributed by atoms with Crippen molar-refractivity contribution < 1.29 is 17.6 Å². The molecule has 0 saturated carbocycles. The first-order valence-corrected chi connectivity index (χ1v) is 10.8. The second-order valence-corrected chi connectivity index (χ2v) is 8.52. The Labute approximate surface area is 202 Å². The minimum Gasteiger partial charge on any atom is -0.444 e. The van der Waals surface area contributed by atoms with Crippen LogP contribution in [0, 0.1) is 0 Å². The first kappa shape index (κ1) is 22.3. The SMILES string of the molecule is O=c1c2ncccc2c(-c2cc(Br)cc(-c3cnco3)c2)nn1-c1c(Cl)cccc1C(F)(F)F. The van der Waals surface area contributed by atoms with Crippen molar-refractivity contribution >= 4 is 38.4 Å². The van der Waals surface area contributed by atoms with Gasteiger partial charge in [0.25, 0.3) is 5.56 Å². The highest BCUT2D eigenvalue weighted by molar-refractivity contribution is 9.10. The second kappa shape index (κ2) is 8.37. The summed E-state index contributed by atoms with van der Waals surface area (Å²) in [5, 5.41) is 4.44. The number of alkyl halides is 3. The maximum absolute atomic E-state index is 13.8. The third-order valence-electron chi connectivity index (χ3n) is 5.05. The first-order chi connectivity index (χ1) is 16.2. The Morgan fingerprint density at radius 3 is 2.59 bits per heavy atom. The number of nitrogens with zero attached hydrogens (tertiary/aromatic N) is 4. The minimum atomic E-state index is -4.77. The van der Waals surface area contributed by atoms with Gasteiger partial charge in [0.2, 0.25) is 0 Å². The van der Waals surface area contributed by atoms with Crippen LogP contribution < -0.4 is 5.56 Å². The summed E-state index contributed by atoms with van der Waals surface area (Å²) in [5.41, 5.74) is -1.16. The maximum Gasteiger partial charge on any atom is 0.418 e. The Kier molecular flexibility index (Phi) is 5.49. The number of hydrogen-bond donors (Lipinski definition) is 0. The van der Waals surface area contributed by atoms with Crippen LogP contribution in [0.5, 0.6) is 0 Å². The Morgan fingerprint density at radius 2 is 1.85 bits per heavy atom. The zero-order chi connectivity index (χ0) is 24.0. The van der Waals surface area contributed by atoms with Gasteiger partial charge in [-0.2, -0.15) is 23.0 Å². The number of oxazole rings is 1. The van der Waals surface area contributed by atoms with E-state index in [1.807, 2.05) is 0 Å². The highest BCUT2D eigenvalue weighted by Crippen LogP contribution is 2.38. The summed E-state index contributed by atoms with van der Waals surface area (Å²) in [4.78, 5) is 21.3. The van der Waals surface area contributed by atoms with Gasteiger partial charge in [0.1, 0.15) is 11.2 Å². The van der Waals surface area contributed by atoms with E-state index in [4.69, 9.17) is 16.0 Å². The van der Waals surface area contributed by atoms with Gasteiger partial charge >= 0.3 is 6.18 Å². The molecular weight excluding hydrogens is 537 g/mol. The van der Waals surface area contributed by atoms with Crippen molar-refractivity contribution in [1.29, 1.82) is 0 Å². The predicted molar refractivity (Wildman–Crippen MR) is 124 cm³/mol. The number of halogens is 5. The summed E-state index contributed by atoms with van der Waals surface area (Å²) in [5.74, 6) is 0.476. The molecule has 0 fully saturated rings. The van der Waals surface area contributed by atoms with Gasteiger partial charge in [0, 0.05) is 27.2 Å². The quantitative estimate of drug-likeness (QED) is 0.257. The molecular formula is C23H11BrClF3N4O2. The molecule has 0 spiro atoms. The molecule has 34 heavy (non-hydrogen) atoms. The number of benzene rings is 2. The van der Waals surface area contributed by atoms with Crippen molar-refractivity contribution in [2.75, 3.05) is 0 Å². The zero-order valence-corrected chi connectivity index (χ0v) is 19.2. The maximum atomic E-state index is 13.8. The molecule has 5 aromatic rings. The van der Waals surface area contributed by atoms with E-state index in [9.17, 15) is 18.0 Å². The molecule has 0 aliphatic carbocycles. The van der Waals surface area contributed by atoms with Gasteiger partial charge in [-0.1, -0.05) is 33.6 Å². The lowest BCUT2D eigenvalue weighted by Gasteiger charge is -2.17. The van der Waals surface area contributed by atoms with Crippen molar-refractivity contribution in [2.45, 2.75) is 6.18 Å². The average Bonchev–Trinajstić information content (AvgIpc) is 3.34. The number of rotatable bonds is 3. The lowest BCUT2D eigenvalue weighted by molar-refractivity contribution is -0.137. The fraction of sp³-hybridized carbons (Fsp3) is 0.0435. The highest BCUT2D eigenvalue weighted by atomic mass is 79.9. The van der Waals surface area contributed by atoms with E-state index in [-0.39, 0.29) is 16.2 Å². The van der Waals surface area contributed by atoms with E-state index >= 15 is 0 Å². The summed E-state index contributed by atoms with van der Waals surface area (Å²) in [6, 6.07) is 11.8. The smallest absolute Gasteiger partial charge is 0.418 e. The van der Waals surface area contributed by atoms with Crippen LogP contribution in [0.3, 0.4) is 0 Å². The van der Waals surface area contributed by atoms with Gasteiger partial charge in [0.05, 0.1) is 22.5 Å². The average molecular weight is 548 g/mol. The summed E-state index contributed by atoms with van der Waals surface area (Å²) in [6.45, 7) is 0. The van der Waals surface area contributed by atoms with Gasteiger partial charge < -0.3 is 4.42 Å². The van der Waals surface area contributed by atoms with Crippen molar-refractivity contribution in [3.63, 3.8) is 0 Å². The molecule has 0 aliphatic rings. The summed E-state index contributed by atoms with van der Waals surface area (Å²) >= 11 is 9.61. The van der Waals surface area contributed by atoms with Crippen LogP contribution in [-0.2, 0) is 6.18 Å². The lowest BCUT2D eigenvalue weighted by atomic mass is 10.0. The molecule has 3 aromatic heterocycles. The first-order valence-electron chi connectivity index (χ1n) is 9.68. The fourth-order valence-electron chi connectivity index (χ4n) is 3.62. The molecule has 0 amide bonds. The van der Waals surface area contributed by atoms with E-state index in [2.05, 4.69) is 31.0 Å². The van der Waals surface area contributed by atoms with Crippen LogP contribution in [-0.4, -0.2) is 19.7 Å². The Bertz CT molecular complexity index is 1600. The van der Waals surface area contributed by atoms with Gasteiger partial charge in [-0.3, -0.25) is 9.78 Å². The molecule has 170 valence electrons. The van der Waals surface area contributed by atoms with Crippen molar-refractivity contribution in [3.05, 3.63) is 92.7 Å². The predicted octanol–water partition coefficient (Wildman–Crippen LogP) is 6.54. The van der Waals surface area contributed by atoms with Crippen LogP contribution >= 0.6 is 27.5 Å². The second-order valence-electron chi connectivity index (χ2n) is 7.19. The van der Waals surface area contributed by atoms with Crippen molar-refractivity contribution in [1.82, 2.24) is 19.7 Å². The fourth-order valence-corrected chi connectivity index (χ4v) is 4.37. The molecule has 0 atom stereocenters. The Hall–Kier alpha value is -3.50.